The van der Waals surface area contributed by atoms with Crippen LogP contribution in [0.3, 0.4) is 0 Å². The maximum absolute atomic E-state index is 14.9. The van der Waals surface area contributed by atoms with E-state index in [0.29, 0.717) is 35.7 Å². The van der Waals surface area contributed by atoms with E-state index >= 15 is 0 Å². The molecule has 3 heterocycles. The molecule has 0 saturated heterocycles. The second kappa shape index (κ2) is 14.5. The van der Waals surface area contributed by atoms with Gasteiger partial charge in [-0.15, -0.1) is 0 Å². The molecule has 2 aromatic carbocycles. The number of aryl methyl sites for hydroxylation is 1. The first kappa shape index (κ1) is 33.2. The number of nitrogens with two attached hydrogens (primary N) is 1. The number of primary amides is 1. The Morgan fingerprint density at radius 1 is 0.957 bits per heavy atom. The van der Waals surface area contributed by atoms with Crippen LogP contribution >= 0.6 is 0 Å². The number of carbonyl (C=O) groups is 1. The zero-order valence-electron chi connectivity index (χ0n) is 28.1. The van der Waals surface area contributed by atoms with Gasteiger partial charge in [0.15, 0.2) is 0 Å². The van der Waals surface area contributed by atoms with Gasteiger partial charge in [-0.2, -0.15) is 0 Å². The molecular weight excluding hydrogens is 588 g/mol. The smallest absolute Gasteiger partial charge is 0.324 e. The second-order valence-electron chi connectivity index (χ2n) is 12.3. The van der Waals surface area contributed by atoms with Gasteiger partial charge in [0.25, 0.3) is 5.56 Å². The van der Waals surface area contributed by atoms with Crippen LogP contribution in [0.2, 0.25) is 0 Å². The Labute approximate surface area is 276 Å². The van der Waals surface area contributed by atoms with E-state index in [9.17, 15) is 9.59 Å². The highest BCUT2D eigenvalue weighted by Gasteiger charge is 2.32. The number of fused-ring (bicyclic) bond motifs is 1. The molecule has 0 radical (unpaired) electrons. The molecule has 2 amide bonds. The number of rotatable bonds is 12. The summed E-state index contributed by atoms with van der Waals surface area (Å²) in [4.78, 5) is 39.0. The molecule has 0 spiro atoms. The van der Waals surface area contributed by atoms with E-state index in [1.54, 1.807) is 30.3 Å². The average Bonchev–Trinajstić information content (AvgIpc) is 3.07. The number of pyridine rings is 3. The zero-order valence-corrected chi connectivity index (χ0v) is 28.1. The molecule has 5 aromatic rings. The number of unbranched alkanes of at least 4 members (excludes halogenated alkanes) is 1. The topological polar surface area (TPSA) is 115 Å². The molecule has 9 heteroatoms. The number of aromatic nitrogens is 3. The molecule has 0 aliphatic carbocycles. The first-order chi connectivity index (χ1) is 22.7. The SMILES string of the molecule is CCCCn1c(=O)c(N(C(N)=O)c2c(C(C)C)cc(NCc3ccncc3)cc2C(C)C)c(-c2cccc(OC)c2)c2cccnc21. The second-order valence-corrected chi connectivity index (χ2v) is 12.3. The predicted molar refractivity (Wildman–Crippen MR) is 191 cm³/mol. The minimum atomic E-state index is -0.738. The third-order valence-corrected chi connectivity index (χ3v) is 8.42. The summed E-state index contributed by atoms with van der Waals surface area (Å²) in [6, 6.07) is 18.6. The summed E-state index contributed by atoms with van der Waals surface area (Å²) >= 11 is 0. The van der Waals surface area contributed by atoms with E-state index in [4.69, 9.17) is 10.5 Å². The summed E-state index contributed by atoms with van der Waals surface area (Å²) < 4.78 is 7.27. The number of benzene rings is 2. The molecule has 244 valence electrons. The van der Waals surface area contributed by atoms with Crippen LogP contribution in [-0.2, 0) is 13.1 Å². The van der Waals surface area contributed by atoms with Gasteiger partial charge < -0.3 is 15.8 Å². The standard InChI is InChI=1S/C38H44N6O3/c1-7-8-19-43-36-30(13-10-16-41-36)33(27-11-9-12-29(20-27)47-6)35(37(43)45)44(38(39)46)34-31(24(2)3)21-28(22-32(34)25(4)5)42-23-26-14-17-40-18-15-26/h9-18,20-22,24-25,42H,7-8,19,23H2,1-6H3,(H2,39,46). The molecule has 0 aliphatic heterocycles. The lowest BCUT2D eigenvalue weighted by Crippen LogP contribution is -2.39. The number of amides is 2. The number of anilines is 3. The number of carbonyl (C=O) groups excluding carboxylic acids is 1. The van der Waals surface area contributed by atoms with E-state index in [-0.39, 0.29) is 23.1 Å². The van der Waals surface area contributed by atoms with Gasteiger partial charge in [-0.25, -0.2) is 9.78 Å². The van der Waals surface area contributed by atoms with Gasteiger partial charge in [-0.3, -0.25) is 19.2 Å². The molecule has 3 N–H and O–H groups in total. The number of ether oxygens (including phenoxy) is 1. The van der Waals surface area contributed by atoms with Crippen molar-refractivity contribution in [2.45, 2.75) is 72.4 Å². The van der Waals surface area contributed by atoms with Crippen LogP contribution in [0.4, 0.5) is 21.9 Å². The molecule has 0 atom stereocenters. The van der Waals surface area contributed by atoms with Gasteiger partial charge in [-0.1, -0.05) is 53.2 Å². The number of hydrogen-bond acceptors (Lipinski definition) is 6. The zero-order chi connectivity index (χ0) is 33.7. The van der Waals surface area contributed by atoms with Gasteiger partial charge in [0, 0.05) is 48.3 Å². The Hall–Kier alpha value is -5.18. The number of nitrogens with zero attached hydrogens (tertiary/aromatic N) is 4. The van der Waals surface area contributed by atoms with E-state index in [0.717, 1.165) is 46.2 Å². The van der Waals surface area contributed by atoms with Crippen molar-refractivity contribution in [2.75, 3.05) is 17.3 Å². The number of hydrogen-bond donors (Lipinski definition) is 2. The summed E-state index contributed by atoms with van der Waals surface area (Å²) in [7, 11) is 1.60. The van der Waals surface area contributed by atoms with Crippen molar-refractivity contribution in [2.24, 2.45) is 5.73 Å². The number of urea groups is 1. The van der Waals surface area contributed by atoms with Crippen LogP contribution in [0.15, 0.2) is 84.0 Å². The minimum absolute atomic E-state index is 0.00302. The lowest BCUT2D eigenvalue weighted by atomic mass is 9.90. The van der Waals surface area contributed by atoms with Crippen molar-refractivity contribution in [1.29, 1.82) is 0 Å². The van der Waals surface area contributed by atoms with Crippen LogP contribution in [0.25, 0.3) is 22.2 Å². The van der Waals surface area contributed by atoms with Gasteiger partial charge >= 0.3 is 6.03 Å². The molecule has 0 unspecified atom stereocenters. The van der Waals surface area contributed by atoms with Gasteiger partial charge in [0.1, 0.15) is 17.1 Å². The molecule has 0 bridgehead atoms. The fourth-order valence-corrected chi connectivity index (χ4v) is 6.03. The Morgan fingerprint density at radius 2 is 1.66 bits per heavy atom. The highest BCUT2D eigenvalue weighted by Crippen LogP contribution is 2.45. The lowest BCUT2D eigenvalue weighted by Gasteiger charge is -2.31. The third-order valence-electron chi connectivity index (χ3n) is 8.42. The summed E-state index contributed by atoms with van der Waals surface area (Å²) in [6.45, 7) is 11.5. The van der Waals surface area contributed by atoms with Crippen LogP contribution in [0.1, 0.15) is 76.0 Å². The monoisotopic (exact) mass is 632 g/mol. The first-order valence-corrected chi connectivity index (χ1v) is 16.2. The summed E-state index contributed by atoms with van der Waals surface area (Å²) in [5.41, 5.74) is 12.5. The maximum Gasteiger partial charge on any atom is 0.324 e. The Morgan fingerprint density at radius 3 is 2.28 bits per heavy atom. The molecule has 0 aliphatic rings. The van der Waals surface area contributed by atoms with Crippen LogP contribution in [0.5, 0.6) is 5.75 Å². The van der Waals surface area contributed by atoms with E-state index in [2.05, 4.69) is 62.0 Å². The van der Waals surface area contributed by atoms with Gasteiger partial charge in [-0.05, 0) is 89.0 Å². The molecule has 0 saturated carbocycles. The Kier molecular flexibility index (Phi) is 10.2. The van der Waals surface area contributed by atoms with E-state index in [1.807, 2.05) is 48.5 Å². The molecule has 5 rings (SSSR count). The summed E-state index contributed by atoms with van der Waals surface area (Å²) in [5, 5.41) is 4.30. The van der Waals surface area contributed by atoms with Crippen molar-refractivity contribution in [1.82, 2.24) is 14.5 Å². The lowest BCUT2D eigenvalue weighted by molar-refractivity contribution is 0.256. The molecule has 3 aromatic heterocycles. The quantitative estimate of drug-likeness (QED) is 0.143. The minimum Gasteiger partial charge on any atom is -0.497 e. The van der Waals surface area contributed by atoms with Crippen molar-refractivity contribution >= 4 is 34.1 Å². The van der Waals surface area contributed by atoms with Crippen LogP contribution in [-0.4, -0.2) is 27.7 Å². The van der Waals surface area contributed by atoms with Crippen molar-refractivity contribution in [3.8, 4) is 16.9 Å². The van der Waals surface area contributed by atoms with Crippen LogP contribution in [0, 0.1) is 0 Å². The number of methoxy groups -OCH3 is 1. The first-order valence-electron chi connectivity index (χ1n) is 16.2. The average molecular weight is 633 g/mol. The van der Waals surface area contributed by atoms with Gasteiger partial charge in [0.2, 0.25) is 0 Å². The van der Waals surface area contributed by atoms with Crippen molar-refractivity contribution in [3.05, 3.63) is 106 Å². The highest BCUT2D eigenvalue weighted by molar-refractivity contribution is 6.09. The van der Waals surface area contributed by atoms with E-state index < -0.39 is 6.03 Å². The van der Waals surface area contributed by atoms with Gasteiger partial charge in [0.05, 0.1) is 12.8 Å². The van der Waals surface area contributed by atoms with Crippen molar-refractivity contribution in [3.63, 3.8) is 0 Å². The molecule has 47 heavy (non-hydrogen) atoms. The fraction of sp³-hybridized carbons (Fsp3) is 0.316. The normalized spacial score (nSPS) is 11.3. The predicted octanol–water partition coefficient (Wildman–Crippen LogP) is 8.34. The summed E-state index contributed by atoms with van der Waals surface area (Å²) in [5.74, 6) is 0.620. The molecule has 0 fully saturated rings. The third kappa shape index (κ3) is 6.84. The van der Waals surface area contributed by atoms with Crippen LogP contribution < -0.4 is 26.2 Å². The summed E-state index contributed by atoms with van der Waals surface area (Å²) in [6.07, 6.45) is 6.89. The highest BCUT2D eigenvalue weighted by atomic mass is 16.5. The molecular formula is C38H44N6O3. The maximum atomic E-state index is 14.9. The number of nitrogens with one attached hydrogen (secondary N) is 1. The van der Waals surface area contributed by atoms with Crippen molar-refractivity contribution < 1.29 is 9.53 Å². The Balaban J connectivity index is 1.85. The fourth-order valence-electron chi connectivity index (χ4n) is 6.03. The Bertz CT molecular complexity index is 1910. The van der Waals surface area contributed by atoms with E-state index in [1.165, 1.54) is 4.90 Å². The molecule has 9 nitrogen and oxygen atoms in total. The largest absolute Gasteiger partial charge is 0.497 e.